The molecule has 0 bridgehead atoms. The molecule has 0 amide bonds. The number of nitro groups is 1. The molecule has 0 N–H and O–H groups in total. The van der Waals surface area contributed by atoms with Gasteiger partial charge in [-0.25, -0.2) is 8.78 Å². The lowest BCUT2D eigenvalue weighted by atomic mass is 10.2. The third-order valence-electron chi connectivity index (χ3n) is 2.10. The first-order valence-corrected chi connectivity index (χ1v) is 4.36. The number of nitrogens with zero attached hydrogens (tertiary/aromatic N) is 2. The van der Waals surface area contributed by atoms with Crippen LogP contribution in [0.2, 0.25) is 0 Å². The molecule has 2 aromatic rings. The predicted molar refractivity (Wildman–Crippen MR) is 52.3 cm³/mol. The van der Waals surface area contributed by atoms with Crippen molar-refractivity contribution in [3.8, 4) is 5.69 Å². The van der Waals surface area contributed by atoms with E-state index in [1.807, 2.05) is 0 Å². The fraction of sp³-hybridized carbons (Fsp3) is 0. The van der Waals surface area contributed by atoms with Crippen LogP contribution < -0.4 is 0 Å². The number of nitro benzene ring substituents is 1. The van der Waals surface area contributed by atoms with Gasteiger partial charge >= 0.3 is 0 Å². The van der Waals surface area contributed by atoms with Crippen LogP contribution in [0.25, 0.3) is 5.69 Å². The van der Waals surface area contributed by atoms with Crippen molar-refractivity contribution in [1.82, 2.24) is 4.57 Å². The zero-order chi connectivity index (χ0) is 11.7. The van der Waals surface area contributed by atoms with Crippen LogP contribution in [-0.4, -0.2) is 9.49 Å². The van der Waals surface area contributed by atoms with Crippen LogP contribution in [0.1, 0.15) is 0 Å². The highest BCUT2D eigenvalue weighted by Crippen LogP contribution is 2.25. The molecule has 2 rings (SSSR count). The highest BCUT2D eigenvalue weighted by Gasteiger charge is 2.19. The van der Waals surface area contributed by atoms with Gasteiger partial charge in [-0.15, -0.1) is 0 Å². The summed E-state index contributed by atoms with van der Waals surface area (Å²) >= 11 is 0. The number of benzene rings is 1. The van der Waals surface area contributed by atoms with Crippen molar-refractivity contribution in [3.05, 3.63) is 58.4 Å². The molecule has 0 saturated carbocycles. The molecule has 0 fully saturated rings. The Hall–Kier alpha value is -2.24. The predicted octanol–water partition coefficient (Wildman–Crippen LogP) is 2.66. The highest BCUT2D eigenvalue weighted by molar-refractivity contribution is 5.53. The molecule has 0 aliphatic carbocycles. The van der Waals surface area contributed by atoms with E-state index in [-0.39, 0.29) is 5.69 Å². The van der Waals surface area contributed by atoms with Crippen molar-refractivity contribution in [2.75, 3.05) is 0 Å². The van der Waals surface area contributed by atoms with Crippen molar-refractivity contribution in [1.29, 1.82) is 0 Å². The fourth-order valence-corrected chi connectivity index (χ4v) is 1.37. The molecule has 16 heavy (non-hydrogen) atoms. The van der Waals surface area contributed by atoms with Crippen LogP contribution in [0, 0.1) is 21.7 Å². The number of hydrogen-bond donors (Lipinski definition) is 0. The van der Waals surface area contributed by atoms with E-state index in [4.69, 9.17) is 0 Å². The van der Waals surface area contributed by atoms with Crippen LogP contribution in [0.3, 0.4) is 0 Å². The smallest absolute Gasteiger partial charge is 0.296 e. The summed E-state index contributed by atoms with van der Waals surface area (Å²) in [6, 6.07) is 4.63. The molecular formula is C10H6F2N2O2. The van der Waals surface area contributed by atoms with Gasteiger partial charge in [0.25, 0.3) is 5.69 Å². The Labute approximate surface area is 88.9 Å². The lowest BCUT2D eigenvalue weighted by Gasteiger charge is -2.04. The number of hydrogen-bond acceptors (Lipinski definition) is 2. The first-order chi connectivity index (χ1) is 7.59. The molecule has 1 aromatic heterocycles. The Morgan fingerprint density at radius 3 is 2.25 bits per heavy atom. The molecule has 0 aliphatic rings. The first kappa shape index (κ1) is 10.3. The standard InChI is InChI=1S/C10H6F2N2O2/c11-7-5-9(13-3-1-2-4-13)10(14(15)16)6-8(7)12/h1-6H. The molecule has 0 unspecified atom stereocenters. The van der Waals surface area contributed by atoms with Gasteiger partial charge in [0.15, 0.2) is 11.6 Å². The molecule has 4 nitrogen and oxygen atoms in total. The molecule has 82 valence electrons. The summed E-state index contributed by atoms with van der Waals surface area (Å²) in [7, 11) is 0. The molecule has 1 heterocycles. The average Bonchev–Trinajstić information content (AvgIpc) is 2.74. The summed E-state index contributed by atoms with van der Waals surface area (Å²) in [4.78, 5) is 9.93. The lowest BCUT2D eigenvalue weighted by Crippen LogP contribution is -2.00. The number of halogens is 2. The minimum atomic E-state index is -1.23. The van der Waals surface area contributed by atoms with Crippen molar-refractivity contribution < 1.29 is 13.7 Å². The van der Waals surface area contributed by atoms with Crippen molar-refractivity contribution >= 4 is 5.69 Å². The molecular weight excluding hydrogens is 218 g/mol. The van der Waals surface area contributed by atoms with E-state index < -0.39 is 22.2 Å². The minimum Gasteiger partial charge on any atom is -0.318 e. The number of rotatable bonds is 2. The Kier molecular flexibility index (Phi) is 2.40. The average molecular weight is 224 g/mol. The number of aromatic nitrogens is 1. The molecule has 0 saturated heterocycles. The quantitative estimate of drug-likeness (QED) is 0.581. The summed E-state index contributed by atoms with van der Waals surface area (Å²) in [6.07, 6.45) is 3.03. The van der Waals surface area contributed by atoms with E-state index in [9.17, 15) is 18.9 Å². The molecule has 1 aromatic carbocycles. The summed E-state index contributed by atoms with van der Waals surface area (Å²) in [5.41, 5.74) is -0.482. The van der Waals surface area contributed by atoms with Gasteiger partial charge in [-0.2, -0.15) is 0 Å². The minimum absolute atomic E-state index is 0.00565. The largest absolute Gasteiger partial charge is 0.318 e. The van der Waals surface area contributed by atoms with Gasteiger partial charge in [-0.1, -0.05) is 0 Å². The Morgan fingerprint density at radius 1 is 1.12 bits per heavy atom. The molecule has 0 aliphatic heterocycles. The van der Waals surface area contributed by atoms with Gasteiger partial charge in [0.05, 0.1) is 11.0 Å². The Bertz CT molecular complexity index is 538. The second-order valence-electron chi connectivity index (χ2n) is 3.10. The van der Waals surface area contributed by atoms with E-state index >= 15 is 0 Å². The maximum Gasteiger partial charge on any atom is 0.296 e. The zero-order valence-corrected chi connectivity index (χ0v) is 7.93. The van der Waals surface area contributed by atoms with Crippen molar-refractivity contribution in [2.45, 2.75) is 0 Å². The third kappa shape index (κ3) is 1.65. The molecule has 0 radical (unpaired) electrons. The van der Waals surface area contributed by atoms with Gasteiger partial charge in [0, 0.05) is 18.5 Å². The van der Waals surface area contributed by atoms with Gasteiger partial charge in [-0.3, -0.25) is 10.1 Å². The maximum absolute atomic E-state index is 13.0. The normalized spacial score (nSPS) is 10.4. The molecule has 0 spiro atoms. The van der Waals surface area contributed by atoms with E-state index in [0.717, 1.165) is 6.07 Å². The highest BCUT2D eigenvalue weighted by atomic mass is 19.2. The van der Waals surface area contributed by atoms with E-state index in [2.05, 4.69) is 0 Å². The Morgan fingerprint density at radius 2 is 1.69 bits per heavy atom. The topological polar surface area (TPSA) is 48.1 Å². The summed E-state index contributed by atoms with van der Waals surface area (Å²) in [5, 5.41) is 10.7. The second kappa shape index (κ2) is 3.73. The van der Waals surface area contributed by atoms with Crippen LogP contribution in [0.5, 0.6) is 0 Å². The molecule has 0 atom stereocenters. The van der Waals surface area contributed by atoms with Crippen molar-refractivity contribution in [3.63, 3.8) is 0 Å². The van der Waals surface area contributed by atoms with E-state index in [0.29, 0.717) is 6.07 Å². The van der Waals surface area contributed by atoms with Gasteiger partial charge in [0.2, 0.25) is 0 Å². The zero-order valence-electron chi connectivity index (χ0n) is 7.93. The van der Waals surface area contributed by atoms with E-state index in [1.54, 1.807) is 12.1 Å². The summed E-state index contributed by atoms with van der Waals surface area (Å²) in [6.45, 7) is 0. The van der Waals surface area contributed by atoms with Crippen LogP contribution in [0.4, 0.5) is 14.5 Å². The van der Waals surface area contributed by atoms with Crippen molar-refractivity contribution in [2.24, 2.45) is 0 Å². The maximum atomic E-state index is 13.0. The summed E-state index contributed by atoms with van der Waals surface area (Å²) in [5.74, 6) is -2.35. The van der Waals surface area contributed by atoms with Gasteiger partial charge in [-0.05, 0) is 12.1 Å². The van der Waals surface area contributed by atoms with Gasteiger partial charge in [0.1, 0.15) is 5.69 Å². The van der Waals surface area contributed by atoms with Gasteiger partial charge < -0.3 is 4.57 Å². The fourth-order valence-electron chi connectivity index (χ4n) is 1.37. The summed E-state index contributed by atoms with van der Waals surface area (Å²) < 4.78 is 27.2. The lowest BCUT2D eigenvalue weighted by molar-refractivity contribution is -0.384. The third-order valence-corrected chi connectivity index (χ3v) is 2.10. The van der Waals surface area contributed by atoms with Crippen LogP contribution in [-0.2, 0) is 0 Å². The second-order valence-corrected chi connectivity index (χ2v) is 3.10. The SMILES string of the molecule is O=[N+]([O-])c1cc(F)c(F)cc1-n1cccc1. The molecule has 6 heteroatoms. The Balaban J connectivity index is 2.68. The van der Waals surface area contributed by atoms with Crippen LogP contribution >= 0.6 is 0 Å². The van der Waals surface area contributed by atoms with Crippen LogP contribution in [0.15, 0.2) is 36.7 Å². The van der Waals surface area contributed by atoms with E-state index in [1.165, 1.54) is 17.0 Å². The monoisotopic (exact) mass is 224 g/mol. The first-order valence-electron chi connectivity index (χ1n) is 4.36.